The van der Waals surface area contributed by atoms with Crippen molar-refractivity contribution in [3.05, 3.63) is 18.3 Å². The maximum atomic E-state index is 11.4. The summed E-state index contributed by atoms with van der Waals surface area (Å²) in [5.41, 5.74) is 0.718. The van der Waals surface area contributed by atoms with E-state index in [0.717, 1.165) is 23.9 Å². The molecule has 0 saturated carbocycles. The molecule has 1 aliphatic heterocycles. The second-order valence-corrected chi connectivity index (χ2v) is 5.22. The molecule has 1 saturated heterocycles. The van der Waals surface area contributed by atoms with Crippen LogP contribution in [0.5, 0.6) is 5.88 Å². The Morgan fingerprint density at radius 2 is 2.29 bits per heavy atom. The molecule has 7 nitrogen and oxygen atoms in total. The zero-order chi connectivity index (χ0) is 14.7. The lowest BCUT2D eigenvalue weighted by molar-refractivity contribution is -0.135. The van der Waals surface area contributed by atoms with Gasteiger partial charge in [-0.05, 0) is 30.9 Å². The fourth-order valence-electron chi connectivity index (χ4n) is 2.59. The summed E-state index contributed by atoms with van der Waals surface area (Å²) < 4.78 is 5.79. The molecule has 3 rings (SSSR count). The van der Waals surface area contributed by atoms with E-state index in [9.17, 15) is 4.79 Å². The molecule has 112 valence electrons. The summed E-state index contributed by atoms with van der Waals surface area (Å²) >= 11 is 0. The molecule has 2 aromatic heterocycles. The fourth-order valence-corrected chi connectivity index (χ4v) is 2.59. The van der Waals surface area contributed by atoms with Gasteiger partial charge in [-0.3, -0.25) is 9.89 Å². The van der Waals surface area contributed by atoms with E-state index in [0.29, 0.717) is 31.5 Å². The Kier molecular flexibility index (Phi) is 4.01. The van der Waals surface area contributed by atoms with Gasteiger partial charge in [-0.15, -0.1) is 5.10 Å². The first-order valence-corrected chi connectivity index (χ1v) is 7.08. The monoisotopic (exact) mass is 290 g/mol. The van der Waals surface area contributed by atoms with Gasteiger partial charge in [-0.25, -0.2) is 4.98 Å². The number of aliphatic hydroxyl groups is 1. The highest BCUT2D eigenvalue weighted by atomic mass is 16.5. The number of nitrogens with one attached hydrogen (secondary N) is 1. The molecule has 1 fully saturated rings. The fraction of sp³-hybridized carbons (Fsp3) is 0.500. The Hall–Kier alpha value is -2.15. The van der Waals surface area contributed by atoms with Crippen molar-refractivity contribution in [2.75, 3.05) is 26.3 Å². The third kappa shape index (κ3) is 2.97. The zero-order valence-corrected chi connectivity index (χ0v) is 11.7. The van der Waals surface area contributed by atoms with E-state index < -0.39 is 6.61 Å². The lowest BCUT2D eigenvalue weighted by atomic mass is 9.98. The molecule has 1 aliphatic rings. The lowest BCUT2D eigenvalue weighted by Crippen LogP contribution is -2.41. The van der Waals surface area contributed by atoms with Gasteiger partial charge in [-0.2, -0.15) is 0 Å². The first-order valence-electron chi connectivity index (χ1n) is 7.08. The third-order valence-electron chi connectivity index (χ3n) is 3.86. The minimum Gasteiger partial charge on any atom is -0.476 e. The van der Waals surface area contributed by atoms with Crippen LogP contribution in [0.3, 0.4) is 0 Å². The number of pyridine rings is 1. The number of carbonyl (C=O) groups excluding carboxylic acids is 1. The van der Waals surface area contributed by atoms with Gasteiger partial charge in [0.25, 0.3) is 0 Å². The first kappa shape index (κ1) is 13.8. The second-order valence-electron chi connectivity index (χ2n) is 5.22. The molecule has 0 bridgehead atoms. The van der Waals surface area contributed by atoms with E-state index in [2.05, 4.69) is 15.2 Å². The molecule has 0 atom stereocenters. The van der Waals surface area contributed by atoms with Crippen LogP contribution in [0.1, 0.15) is 12.8 Å². The number of hydrogen-bond acceptors (Lipinski definition) is 5. The quantitative estimate of drug-likeness (QED) is 0.859. The van der Waals surface area contributed by atoms with Crippen LogP contribution in [0.4, 0.5) is 0 Å². The van der Waals surface area contributed by atoms with Crippen LogP contribution in [0, 0.1) is 5.92 Å². The van der Waals surface area contributed by atoms with Crippen LogP contribution in [-0.4, -0.2) is 57.4 Å². The molecular formula is C14H18N4O3. The maximum absolute atomic E-state index is 11.4. The number of piperidine rings is 1. The number of amides is 1. The zero-order valence-electron chi connectivity index (χ0n) is 11.7. The van der Waals surface area contributed by atoms with Crippen molar-refractivity contribution >= 4 is 16.9 Å². The van der Waals surface area contributed by atoms with Crippen molar-refractivity contribution in [3.63, 3.8) is 0 Å². The molecule has 21 heavy (non-hydrogen) atoms. The normalized spacial score (nSPS) is 16.3. The van der Waals surface area contributed by atoms with Crippen molar-refractivity contribution in [2.45, 2.75) is 12.8 Å². The van der Waals surface area contributed by atoms with Gasteiger partial charge >= 0.3 is 0 Å². The predicted octanol–water partition coefficient (Wildman–Crippen LogP) is 0.568. The Morgan fingerprint density at radius 3 is 3.05 bits per heavy atom. The highest BCUT2D eigenvalue weighted by molar-refractivity contribution is 5.80. The number of nitrogens with zero attached hydrogens (tertiary/aromatic N) is 3. The number of H-pyrrole nitrogens is 1. The van der Waals surface area contributed by atoms with Crippen LogP contribution < -0.4 is 4.74 Å². The topological polar surface area (TPSA) is 91.3 Å². The van der Waals surface area contributed by atoms with E-state index in [1.807, 2.05) is 12.1 Å². The van der Waals surface area contributed by atoms with Crippen LogP contribution in [0.15, 0.2) is 18.3 Å². The molecule has 0 radical (unpaired) electrons. The van der Waals surface area contributed by atoms with Gasteiger partial charge in [0.15, 0.2) is 5.65 Å². The summed E-state index contributed by atoms with van der Waals surface area (Å²) in [6.45, 7) is 1.52. The molecule has 0 aromatic carbocycles. The predicted molar refractivity (Wildman–Crippen MR) is 75.8 cm³/mol. The Balaban J connectivity index is 1.54. The molecule has 2 aromatic rings. The number of aliphatic hydroxyl groups excluding tert-OH is 1. The number of likely N-dealkylation sites (tertiary alicyclic amines) is 1. The molecule has 0 unspecified atom stereocenters. The van der Waals surface area contributed by atoms with E-state index in [4.69, 9.17) is 9.84 Å². The summed E-state index contributed by atoms with van der Waals surface area (Å²) in [4.78, 5) is 17.3. The van der Waals surface area contributed by atoms with Gasteiger partial charge in [-0.1, -0.05) is 0 Å². The SMILES string of the molecule is O=C(CO)N1CCC(COc2n[nH]c3ncccc23)CC1. The molecule has 3 heterocycles. The number of ether oxygens (including phenoxy) is 1. The summed E-state index contributed by atoms with van der Waals surface area (Å²) in [6.07, 6.45) is 3.47. The smallest absolute Gasteiger partial charge is 0.248 e. The number of hydrogen-bond donors (Lipinski definition) is 2. The van der Waals surface area contributed by atoms with Gasteiger partial charge in [0.05, 0.1) is 12.0 Å². The average Bonchev–Trinajstić information content (AvgIpc) is 2.96. The van der Waals surface area contributed by atoms with Crippen molar-refractivity contribution in [3.8, 4) is 5.88 Å². The van der Waals surface area contributed by atoms with Crippen molar-refractivity contribution < 1.29 is 14.6 Å². The standard InChI is InChI=1S/C14H18N4O3/c19-8-12(20)18-6-3-10(4-7-18)9-21-14-11-2-1-5-15-13(11)16-17-14/h1-2,5,10,19H,3-4,6-9H2,(H,15,16,17). The Morgan fingerprint density at radius 1 is 1.48 bits per heavy atom. The second kappa shape index (κ2) is 6.09. The molecule has 1 amide bonds. The molecule has 2 N–H and O–H groups in total. The summed E-state index contributed by atoms with van der Waals surface area (Å²) in [6, 6.07) is 3.77. The summed E-state index contributed by atoms with van der Waals surface area (Å²) in [7, 11) is 0. The largest absolute Gasteiger partial charge is 0.476 e. The average molecular weight is 290 g/mol. The van der Waals surface area contributed by atoms with Crippen LogP contribution in [0.2, 0.25) is 0 Å². The molecular weight excluding hydrogens is 272 g/mol. The molecule has 7 heteroatoms. The van der Waals surface area contributed by atoms with Gasteiger partial charge < -0.3 is 14.7 Å². The minimum atomic E-state index is -0.409. The highest BCUT2D eigenvalue weighted by Gasteiger charge is 2.23. The van der Waals surface area contributed by atoms with Crippen molar-refractivity contribution in [2.24, 2.45) is 5.92 Å². The van der Waals surface area contributed by atoms with E-state index in [-0.39, 0.29) is 5.91 Å². The van der Waals surface area contributed by atoms with Crippen molar-refractivity contribution in [1.82, 2.24) is 20.1 Å². The van der Waals surface area contributed by atoms with E-state index in [1.165, 1.54) is 0 Å². The number of aromatic nitrogens is 3. The molecule has 0 spiro atoms. The van der Waals surface area contributed by atoms with Crippen molar-refractivity contribution in [1.29, 1.82) is 0 Å². The van der Waals surface area contributed by atoms with Crippen LogP contribution in [0.25, 0.3) is 11.0 Å². The third-order valence-corrected chi connectivity index (χ3v) is 3.86. The van der Waals surface area contributed by atoms with Gasteiger partial charge in [0.2, 0.25) is 11.8 Å². The number of fused-ring (bicyclic) bond motifs is 1. The Labute approximate surface area is 121 Å². The number of aromatic amines is 1. The summed E-state index contributed by atoms with van der Waals surface area (Å²) in [5.74, 6) is 0.780. The van der Waals surface area contributed by atoms with Gasteiger partial charge in [0.1, 0.15) is 6.61 Å². The minimum absolute atomic E-state index is 0.196. The number of rotatable bonds is 4. The molecule has 0 aliphatic carbocycles. The highest BCUT2D eigenvalue weighted by Crippen LogP contribution is 2.23. The van der Waals surface area contributed by atoms with Crippen LogP contribution >= 0.6 is 0 Å². The van der Waals surface area contributed by atoms with E-state index >= 15 is 0 Å². The van der Waals surface area contributed by atoms with Gasteiger partial charge in [0, 0.05) is 19.3 Å². The Bertz CT molecular complexity index is 619. The maximum Gasteiger partial charge on any atom is 0.248 e. The first-order chi connectivity index (χ1) is 10.3. The van der Waals surface area contributed by atoms with Crippen LogP contribution in [-0.2, 0) is 4.79 Å². The number of carbonyl (C=O) groups is 1. The van der Waals surface area contributed by atoms with E-state index in [1.54, 1.807) is 11.1 Å². The lowest BCUT2D eigenvalue weighted by Gasteiger charge is -2.31. The summed E-state index contributed by atoms with van der Waals surface area (Å²) in [5, 5.41) is 16.7.